The smallest absolute Gasteiger partial charge is 0.248 e. The number of ether oxygens (including phenoxy) is 1. The van der Waals surface area contributed by atoms with Crippen molar-refractivity contribution in [1.29, 1.82) is 0 Å². The van der Waals surface area contributed by atoms with Gasteiger partial charge in [0.05, 0.1) is 0 Å². The van der Waals surface area contributed by atoms with Crippen LogP contribution in [-0.4, -0.2) is 61.6 Å². The molecule has 2 aliphatic rings. The van der Waals surface area contributed by atoms with E-state index in [1.54, 1.807) is 7.11 Å². The minimum absolute atomic E-state index is 0.140. The van der Waals surface area contributed by atoms with Crippen LogP contribution < -0.4 is 0 Å². The molecule has 1 spiro atoms. The van der Waals surface area contributed by atoms with Crippen LogP contribution in [-0.2, 0) is 9.53 Å². The fourth-order valence-corrected chi connectivity index (χ4v) is 3.25. The second-order valence-corrected chi connectivity index (χ2v) is 5.42. The molecule has 0 unspecified atom stereocenters. The van der Waals surface area contributed by atoms with Crippen molar-refractivity contribution >= 4 is 5.91 Å². The van der Waals surface area contributed by atoms with Gasteiger partial charge < -0.3 is 14.5 Å². The first-order chi connectivity index (χ1) is 8.18. The summed E-state index contributed by atoms with van der Waals surface area (Å²) in [6.45, 7) is 3.23. The predicted molar refractivity (Wildman–Crippen MR) is 66.9 cm³/mol. The van der Waals surface area contributed by atoms with Crippen molar-refractivity contribution < 1.29 is 9.53 Å². The van der Waals surface area contributed by atoms with Crippen molar-refractivity contribution in [3.8, 4) is 0 Å². The number of nitrogens with zero attached hydrogens (tertiary/aromatic N) is 2. The van der Waals surface area contributed by atoms with Gasteiger partial charge in [0, 0.05) is 25.7 Å². The van der Waals surface area contributed by atoms with Crippen LogP contribution in [0.1, 0.15) is 32.1 Å². The molecule has 98 valence electrons. The van der Waals surface area contributed by atoms with Crippen LogP contribution in [0.5, 0.6) is 0 Å². The van der Waals surface area contributed by atoms with Gasteiger partial charge in [0.15, 0.2) is 0 Å². The lowest BCUT2D eigenvalue weighted by molar-refractivity contribution is -0.138. The molecule has 2 heterocycles. The number of piperidine rings is 2. The maximum Gasteiger partial charge on any atom is 0.248 e. The molecule has 0 saturated carbocycles. The molecule has 1 amide bonds. The van der Waals surface area contributed by atoms with Gasteiger partial charge in [0.1, 0.15) is 6.61 Å². The van der Waals surface area contributed by atoms with E-state index >= 15 is 0 Å². The fourth-order valence-electron chi connectivity index (χ4n) is 3.25. The van der Waals surface area contributed by atoms with E-state index in [1.807, 2.05) is 4.90 Å². The number of methoxy groups -OCH3 is 1. The highest BCUT2D eigenvalue weighted by molar-refractivity contribution is 5.77. The first-order valence-electron chi connectivity index (χ1n) is 6.66. The standard InChI is InChI=1S/C13H24N2O2/c1-14-8-4-3-5-13(14)6-9-15(10-7-13)12(16)11-17-2/h3-11H2,1-2H3. The van der Waals surface area contributed by atoms with Crippen molar-refractivity contribution in [3.05, 3.63) is 0 Å². The fraction of sp³-hybridized carbons (Fsp3) is 0.923. The molecule has 0 bridgehead atoms. The van der Waals surface area contributed by atoms with E-state index in [2.05, 4.69) is 11.9 Å². The Balaban J connectivity index is 1.90. The number of hydrogen-bond donors (Lipinski definition) is 0. The predicted octanol–water partition coefficient (Wildman–Crippen LogP) is 1.11. The van der Waals surface area contributed by atoms with Gasteiger partial charge in [-0.05, 0) is 39.3 Å². The molecule has 0 aromatic carbocycles. The molecule has 4 heteroatoms. The van der Waals surface area contributed by atoms with Crippen LogP contribution in [0.4, 0.5) is 0 Å². The zero-order valence-corrected chi connectivity index (χ0v) is 11.1. The summed E-state index contributed by atoms with van der Waals surface area (Å²) in [5.41, 5.74) is 0.377. The number of amides is 1. The lowest BCUT2D eigenvalue weighted by Crippen LogP contribution is -2.57. The second kappa shape index (κ2) is 5.36. The van der Waals surface area contributed by atoms with Crippen LogP contribution in [0.3, 0.4) is 0 Å². The summed E-state index contributed by atoms with van der Waals surface area (Å²) in [5, 5.41) is 0. The average molecular weight is 240 g/mol. The quantitative estimate of drug-likeness (QED) is 0.725. The van der Waals surface area contributed by atoms with Gasteiger partial charge in [0.25, 0.3) is 0 Å². The maximum atomic E-state index is 11.7. The Kier molecular flexibility index (Phi) is 4.05. The Morgan fingerprint density at radius 3 is 2.47 bits per heavy atom. The molecule has 4 nitrogen and oxygen atoms in total. The molecule has 2 aliphatic heterocycles. The first kappa shape index (κ1) is 12.8. The van der Waals surface area contributed by atoms with Crippen LogP contribution in [0.25, 0.3) is 0 Å². The third kappa shape index (κ3) is 2.63. The lowest BCUT2D eigenvalue weighted by Gasteiger charge is -2.50. The van der Waals surface area contributed by atoms with Gasteiger partial charge in [-0.3, -0.25) is 4.79 Å². The normalized spacial score (nSPS) is 25.2. The van der Waals surface area contributed by atoms with Crippen molar-refractivity contribution in [2.75, 3.05) is 40.4 Å². The molecule has 0 N–H and O–H groups in total. The van der Waals surface area contributed by atoms with E-state index in [1.165, 1.54) is 25.8 Å². The average Bonchev–Trinajstić information content (AvgIpc) is 2.34. The third-order valence-electron chi connectivity index (χ3n) is 4.51. The Hall–Kier alpha value is -0.610. The number of carbonyl (C=O) groups is 1. The molecular weight excluding hydrogens is 216 g/mol. The Morgan fingerprint density at radius 2 is 1.88 bits per heavy atom. The molecule has 0 aromatic rings. The molecule has 0 aliphatic carbocycles. The summed E-state index contributed by atoms with van der Waals surface area (Å²) in [6, 6.07) is 0. The van der Waals surface area contributed by atoms with Crippen molar-refractivity contribution in [3.63, 3.8) is 0 Å². The van der Waals surface area contributed by atoms with E-state index in [0.29, 0.717) is 5.54 Å². The van der Waals surface area contributed by atoms with Crippen molar-refractivity contribution in [1.82, 2.24) is 9.80 Å². The summed E-state index contributed by atoms with van der Waals surface area (Å²) < 4.78 is 4.91. The SMILES string of the molecule is COCC(=O)N1CCC2(CCCCN2C)CC1. The van der Waals surface area contributed by atoms with E-state index in [-0.39, 0.29) is 12.5 Å². The highest BCUT2D eigenvalue weighted by Gasteiger charge is 2.40. The van der Waals surface area contributed by atoms with Gasteiger partial charge >= 0.3 is 0 Å². The van der Waals surface area contributed by atoms with Gasteiger partial charge in [-0.2, -0.15) is 0 Å². The Morgan fingerprint density at radius 1 is 1.18 bits per heavy atom. The highest BCUT2D eigenvalue weighted by Crippen LogP contribution is 2.36. The van der Waals surface area contributed by atoms with Crippen LogP contribution in [0.2, 0.25) is 0 Å². The summed E-state index contributed by atoms with van der Waals surface area (Å²) in [7, 11) is 3.82. The number of rotatable bonds is 2. The molecular formula is C13H24N2O2. The van der Waals surface area contributed by atoms with E-state index < -0.39 is 0 Å². The molecule has 2 fully saturated rings. The van der Waals surface area contributed by atoms with Crippen molar-refractivity contribution in [2.24, 2.45) is 0 Å². The Bertz CT molecular complexity index is 273. The molecule has 17 heavy (non-hydrogen) atoms. The van der Waals surface area contributed by atoms with E-state index in [9.17, 15) is 4.79 Å². The largest absolute Gasteiger partial charge is 0.375 e. The van der Waals surface area contributed by atoms with E-state index in [0.717, 1.165) is 25.9 Å². The maximum absolute atomic E-state index is 11.7. The summed E-state index contributed by atoms with van der Waals surface area (Å²) in [5.74, 6) is 0.140. The van der Waals surface area contributed by atoms with Gasteiger partial charge in [-0.25, -0.2) is 0 Å². The summed E-state index contributed by atoms with van der Waals surface area (Å²) in [4.78, 5) is 16.2. The van der Waals surface area contributed by atoms with E-state index in [4.69, 9.17) is 4.74 Å². The minimum Gasteiger partial charge on any atom is -0.375 e. The monoisotopic (exact) mass is 240 g/mol. The molecule has 0 aromatic heterocycles. The molecule has 0 atom stereocenters. The van der Waals surface area contributed by atoms with Crippen molar-refractivity contribution in [2.45, 2.75) is 37.6 Å². The van der Waals surface area contributed by atoms with Gasteiger partial charge in [-0.1, -0.05) is 6.42 Å². The number of likely N-dealkylation sites (tertiary alicyclic amines) is 2. The zero-order chi connectivity index (χ0) is 12.3. The van der Waals surface area contributed by atoms with Crippen LogP contribution in [0, 0.1) is 0 Å². The minimum atomic E-state index is 0.140. The highest BCUT2D eigenvalue weighted by atomic mass is 16.5. The molecule has 2 rings (SSSR count). The lowest BCUT2D eigenvalue weighted by atomic mass is 9.79. The number of hydrogen-bond acceptors (Lipinski definition) is 3. The van der Waals surface area contributed by atoms with Crippen LogP contribution >= 0.6 is 0 Å². The first-order valence-corrected chi connectivity index (χ1v) is 6.66. The summed E-state index contributed by atoms with van der Waals surface area (Å²) >= 11 is 0. The second-order valence-electron chi connectivity index (χ2n) is 5.42. The topological polar surface area (TPSA) is 32.8 Å². The molecule has 2 saturated heterocycles. The van der Waals surface area contributed by atoms with Crippen LogP contribution in [0.15, 0.2) is 0 Å². The van der Waals surface area contributed by atoms with Gasteiger partial charge in [0.2, 0.25) is 5.91 Å². The Labute approximate surface area is 104 Å². The summed E-state index contributed by atoms with van der Waals surface area (Å²) in [6.07, 6.45) is 6.22. The molecule has 0 radical (unpaired) electrons. The zero-order valence-electron chi connectivity index (χ0n) is 11.1. The van der Waals surface area contributed by atoms with Gasteiger partial charge in [-0.15, -0.1) is 0 Å². The number of carbonyl (C=O) groups excluding carboxylic acids is 1. The third-order valence-corrected chi connectivity index (χ3v) is 4.51.